The summed E-state index contributed by atoms with van der Waals surface area (Å²) in [4.78, 5) is 25.6. The SMILES string of the molecule is Cc1cc(NC(=O)c2ccc(NS(=O)(=O)C(C)(C)CO)cc2N2CCC(=C(F)F)CC2)nc(N2CCC(F)(F)CC2)n1. The summed E-state index contributed by atoms with van der Waals surface area (Å²) in [5, 5.41) is 12.3. The molecule has 10 nitrogen and oxygen atoms in total. The molecule has 42 heavy (non-hydrogen) atoms. The highest BCUT2D eigenvalue weighted by atomic mass is 32.2. The maximum absolute atomic E-state index is 13.6. The highest BCUT2D eigenvalue weighted by molar-refractivity contribution is 7.94. The monoisotopic (exact) mass is 614 g/mol. The lowest BCUT2D eigenvalue weighted by atomic mass is 10.0. The van der Waals surface area contributed by atoms with E-state index in [-0.39, 0.29) is 80.5 Å². The van der Waals surface area contributed by atoms with Crippen LogP contribution in [0.5, 0.6) is 0 Å². The third-order valence-electron chi connectivity index (χ3n) is 7.44. The van der Waals surface area contributed by atoms with Gasteiger partial charge in [0, 0.05) is 50.8 Å². The predicted molar refractivity (Wildman–Crippen MR) is 152 cm³/mol. The van der Waals surface area contributed by atoms with Gasteiger partial charge in [0.1, 0.15) is 10.6 Å². The van der Waals surface area contributed by atoms with Gasteiger partial charge in [0.15, 0.2) is 0 Å². The van der Waals surface area contributed by atoms with Gasteiger partial charge >= 0.3 is 0 Å². The number of sulfonamides is 1. The number of rotatable bonds is 8. The Morgan fingerprint density at radius 3 is 2.29 bits per heavy atom. The van der Waals surface area contributed by atoms with Crippen LogP contribution >= 0.6 is 0 Å². The predicted octanol–water partition coefficient (Wildman–Crippen LogP) is 4.54. The Labute approximate surface area is 241 Å². The first-order chi connectivity index (χ1) is 19.6. The first kappa shape index (κ1) is 31.5. The van der Waals surface area contributed by atoms with E-state index in [9.17, 15) is 35.9 Å². The zero-order chi connectivity index (χ0) is 30.9. The van der Waals surface area contributed by atoms with Crippen molar-refractivity contribution < 1.29 is 35.9 Å². The molecule has 0 aliphatic carbocycles. The van der Waals surface area contributed by atoms with Crippen molar-refractivity contribution in [2.75, 3.05) is 52.6 Å². The summed E-state index contributed by atoms with van der Waals surface area (Å²) in [7, 11) is -4.03. The number of carbonyl (C=O) groups is 1. The van der Waals surface area contributed by atoms with Crippen LogP contribution in [0.15, 0.2) is 35.9 Å². The van der Waals surface area contributed by atoms with E-state index >= 15 is 0 Å². The molecule has 1 amide bonds. The average Bonchev–Trinajstić information content (AvgIpc) is 2.92. The molecule has 2 fully saturated rings. The first-order valence-electron chi connectivity index (χ1n) is 13.5. The standard InChI is InChI=1S/C27H34F4N6O4S/c1-17-14-22(34-25(32-17)37-12-8-27(30,31)9-13-37)33-24(39)20-5-4-19(35-42(40,41)26(2,3)16-38)15-21(20)36-10-6-18(7-11-36)23(28)29/h4-5,14-15,35,38H,6-13,16H2,1-3H3,(H,32,33,34,39). The number of hydrogen-bond acceptors (Lipinski definition) is 8. The molecule has 230 valence electrons. The van der Waals surface area contributed by atoms with Crippen molar-refractivity contribution in [2.24, 2.45) is 0 Å². The summed E-state index contributed by atoms with van der Waals surface area (Å²) < 4.78 is 80.2. The number of anilines is 4. The van der Waals surface area contributed by atoms with Crippen LogP contribution in [0, 0.1) is 6.92 Å². The number of hydrogen-bond donors (Lipinski definition) is 3. The summed E-state index contributed by atoms with van der Waals surface area (Å²) in [6, 6.07) is 5.79. The van der Waals surface area contributed by atoms with E-state index in [1.807, 2.05) is 0 Å². The first-order valence-corrected chi connectivity index (χ1v) is 14.9. The molecule has 0 radical (unpaired) electrons. The van der Waals surface area contributed by atoms with Gasteiger partial charge in [0.25, 0.3) is 17.9 Å². The maximum atomic E-state index is 13.6. The van der Waals surface area contributed by atoms with Crippen LogP contribution in [-0.2, 0) is 10.0 Å². The fraction of sp³-hybridized carbons (Fsp3) is 0.519. The van der Waals surface area contributed by atoms with Crippen LogP contribution in [0.4, 0.5) is 40.7 Å². The quantitative estimate of drug-likeness (QED) is 0.370. The minimum atomic E-state index is -4.03. The number of aliphatic hydroxyl groups excluding tert-OH is 1. The molecule has 2 aliphatic heterocycles. The molecule has 2 saturated heterocycles. The highest BCUT2D eigenvalue weighted by Gasteiger charge is 2.36. The van der Waals surface area contributed by atoms with Gasteiger partial charge in [0.05, 0.1) is 23.5 Å². The Kier molecular flexibility index (Phi) is 9.02. The largest absolute Gasteiger partial charge is 0.395 e. The zero-order valence-corrected chi connectivity index (χ0v) is 24.4. The Morgan fingerprint density at radius 2 is 1.69 bits per heavy atom. The molecule has 2 aliphatic rings. The second-order valence-corrected chi connectivity index (χ2v) is 13.4. The van der Waals surface area contributed by atoms with E-state index in [0.29, 0.717) is 11.4 Å². The molecule has 0 atom stereocenters. The molecular formula is C27H34F4N6O4S. The van der Waals surface area contributed by atoms with Gasteiger partial charge in [-0.1, -0.05) is 0 Å². The van der Waals surface area contributed by atoms with Gasteiger partial charge in [0.2, 0.25) is 16.0 Å². The molecule has 3 N–H and O–H groups in total. The normalized spacial score (nSPS) is 17.7. The van der Waals surface area contributed by atoms with Crippen LogP contribution in [0.3, 0.4) is 0 Å². The Balaban J connectivity index is 1.63. The van der Waals surface area contributed by atoms with Crippen molar-refractivity contribution in [3.05, 3.63) is 47.2 Å². The van der Waals surface area contributed by atoms with Crippen molar-refractivity contribution in [1.82, 2.24) is 9.97 Å². The van der Waals surface area contributed by atoms with E-state index in [1.54, 1.807) is 16.7 Å². The number of benzene rings is 1. The molecule has 0 saturated carbocycles. The molecule has 0 unspecified atom stereocenters. The van der Waals surface area contributed by atoms with Gasteiger partial charge < -0.3 is 20.2 Å². The number of nitrogens with one attached hydrogen (secondary N) is 2. The lowest BCUT2D eigenvalue weighted by Crippen LogP contribution is -2.40. The molecule has 1 aromatic heterocycles. The van der Waals surface area contributed by atoms with Gasteiger partial charge in [-0.3, -0.25) is 9.52 Å². The van der Waals surface area contributed by atoms with E-state index < -0.39 is 39.3 Å². The van der Waals surface area contributed by atoms with Crippen LogP contribution in [0.2, 0.25) is 0 Å². The van der Waals surface area contributed by atoms with Crippen LogP contribution in [0.1, 0.15) is 55.6 Å². The molecular weight excluding hydrogens is 580 g/mol. The van der Waals surface area contributed by atoms with Gasteiger partial charge in [-0.2, -0.15) is 13.8 Å². The molecule has 4 rings (SSSR count). The number of aromatic nitrogens is 2. The van der Waals surface area contributed by atoms with Crippen LogP contribution < -0.4 is 19.8 Å². The van der Waals surface area contributed by atoms with Gasteiger partial charge in [-0.05, 0) is 57.4 Å². The molecule has 0 spiro atoms. The molecule has 15 heteroatoms. The molecule has 2 aromatic rings. The van der Waals surface area contributed by atoms with Crippen molar-refractivity contribution >= 4 is 39.1 Å². The minimum absolute atomic E-state index is 0.0262. The number of amides is 1. The lowest BCUT2D eigenvalue weighted by molar-refractivity contribution is -0.0222. The zero-order valence-electron chi connectivity index (χ0n) is 23.6. The average molecular weight is 615 g/mol. The van der Waals surface area contributed by atoms with E-state index in [2.05, 4.69) is 20.0 Å². The maximum Gasteiger partial charge on any atom is 0.269 e. The number of aliphatic hydroxyl groups is 1. The number of halogens is 4. The van der Waals surface area contributed by atoms with E-state index in [4.69, 9.17) is 0 Å². The fourth-order valence-corrected chi connectivity index (χ4v) is 5.49. The minimum Gasteiger partial charge on any atom is -0.395 e. The molecule has 0 bridgehead atoms. The summed E-state index contributed by atoms with van der Waals surface area (Å²) in [5.74, 6) is -2.99. The third kappa shape index (κ3) is 7.12. The van der Waals surface area contributed by atoms with E-state index in [1.165, 1.54) is 38.1 Å². The Morgan fingerprint density at radius 1 is 1.05 bits per heavy atom. The molecule has 3 heterocycles. The van der Waals surface area contributed by atoms with Crippen molar-refractivity contribution in [3.8, 4) is 0 Å². The summed E-state index contributed by atoms with van der Waals surface area (Å²) in [5.41, 5.74) is 1.12. The summed E-state index contributed by atoms with van der Waals surface area (Å²) >= 11 is 0. The Hall–Kier alpha value is -3.46. The van der Waals surface area contributed by atoms with E-state index in [0.717, 1.165) is 0 Å². The number of alkyl halides is 2. The molecule has 1 aromatic carbocycles. The number of piperidine rings is 2. The second-order valence-electron chi connectivity index (χ2n) is 11.1. The van der Waals surface area contributed by atoms with Gasteiger partial charge in [-0.15, -0.1) is 0 Å². The number of nitrogens with zero attached hydrogens (tertiary/aromatic N) is 4. The van der Waals surface area contributed by atoms with Crippen LogP contribution in [0.25, 0.3) is 0 Å². The highest BCUT2D eigenvalue weighted by Crippen LogP contribution is 2.33. The lowest BCUT2D eigenvalue weighted by Gasteiger charge is -2.32. The third-order valence-corrected chi connectivity index (χ3v) is 9.53. The summed E-state index contributed by atoms with van der Waals surface area (Å²) in [6.45, 7) is 4.22. The Bertz CT molecular complexity index is 1460. The fourth-order valence-electron chi connectivity index (χ4n) is 4.61. The van der Waals surface area contributed by atoms with Gasteiger partial charge in [-0.25, -0.2) is 22.2 Å². The number of carbonyl (C=O) groups excluding carboxylic acids is 1. The second kappa shape index (κ2) is 12.0. The van der Waals surface area contributed by atoms with Crippen LogP contribution in [-0.4, -0.2) is 72.9 Å². The van der Waals surface area contributed by atoms with Crippen molar-refractivity contribution in [3.63, 3.8) is 0 Å². The van der Waals surface area contributed by atoms with Crippen molar-refractivity contribution in [2.45, 2.75) is 57.1 Å². The summed E-state index contributed by atoms with van der Waals surface area (Å²) in [6.07, 6.45) is -2.26. The topological polar surface area (TPSA) is 128 Å². The van der Waals surface area contributed by atoms with Crippen molar-refractivity contribution in [1.29, 1.82) is 0 Å². The smallest absolute Gasteiger partial charge is 0.269 e. The number of aryl methyl sites for hydroxylation is 1.